The number of nitriles is 1. The van der Waals surface area contributed by atoms with Gasteiger partial charge in [0.1, 0.15) is 6.07 Å². The molecule has 1 N–H and O–H groups in total. The van der Waals surface area contributed by atoms with Gasteiger partial charge in [-0.2, -0.15) is 5.26 Å². The smallest absolute Gasteiger partial charge is 0.161 e. The average Bonchev–Trinajstić information content (AvgIpc) is 2.94. The minimum atomic E-state index is -0.425. The summed E-state index contributed by atoms with van der Waals surface area (Å²) < 4.78 is 14.5. The SMILES string of the molecule is CC(C)C(Nc1ccc(C#N)c(Br)c1F)c1cccs1. The van der Waals surface area contributed by atoms with Gasteiger partial charge in [-0.25, -0.2) is 4.39 Å². The summed E-state index contributed by atoms with van der Waals surface area (Å²) in [5.74, 6) is -0.103. The van der Waals surface area contributed by atoms with Gasteiger partial charge in [-0.3, -0.25) is 0 Å². The van der Waals surface area contributed by atoms with Crippen LogP contribution in [0.15, 0.2) is 34.1 Å². The van der Waals surface area contributed by atoms with Gasteiger partial charge >= 0.3 is 0 Å². The molecule has 0 saturated heterocycles. The Kier molecular flexibility index (Phi) is 4.79. The molecule has 0 aliphatic heterocycles. The van der Waals surface area contributed by atoms with Gasteiger partial charge in [0.05, 0.1) is 21.8 Å². The maximum Gasteiger partial charge on any atom is 0.161 e. The van der Waals surface area contributed by atoms with Gasteiger partial charge in [0, 0.05) is 4.88 Å². The third kappa shape index (κ3) is 3.02. The lowest BCUT2D eigenvalue weighted by atomic mass is 10.0. The van der Waals surface area contributed by atoms with E-state index >= 15 is 0 Å². The predicted molar refractivity (Wildman–Crippen MR) is 84.3 cm³/mol. The molecule has 0 bridgehead atoms. The van der Waals surface area contributed by atoms with E-state index in [0.717, 1.165) is 0 Å². The van der Waals surface area contributed by atoms with E-state index in [1.807, 2.05) is 23.6 Å². The second kappa shape index (κ2) is 6.38. The number of hydrogen-bond acceptors (Lipinski definition) is 3. The van der Waals surface area contributed by atoms with Crippen molar-refractivity contribution in [3.63, 3.8) is 0 Å². The number of halogens is 2. The molecule has 1 unspecified atom stereocenters. The summed E-state index contributed by atoms with van der Waals surface area (Å²) >= 11 is 4.78. The van der Waals surface area contributed by atoms with Crippen molar-refractivity contribution in [2.45, 2.75) is 19.9 Å². The first-order valence-electron chi connectivity index (χ1n) is 6.22. The molecule has 1 aromatic heterocycles. The fraction of sp³-hybridized carbons (Fsp3) is 0.267. The first-order chi connectivity index (χ1) is 9.54. The zero-order chi connectivity index (χ0) is 14.7. The molecule has 20 heavy (non-hydrogen) atoms. The Morgan fingerprint density at radius 2 is 2.10 bits per heavy atom. The van der Waals surface area contributed by atoms with Crippen LogP contribution >= 0.6 is 27.3 Å². The summed E-state index contributed by atoms with van der Waals surface area (Å²) in [6.07, 6.45) is 0. The summed E-state index contributed by atoms with van der Waals surface area (Å²) in [6, 6.07) is 9.25. The van der Waals surface area contributed by atoms with E-state index in [2.05, 4.69) is 35.1 Å². The fourth-order valence-electron chi connectivity index (χ4n) is 1.95. The first kappa shape index (κ1) is 15.0. The van der Waals surface area contributed by atoms with Crippen LogP contribution in [0, 0.1) is 23.1 Å². The average molecular weight is 353 g/mol. The van der Waals surface area contributed by atoms with Crippen molar-refractivity contribution < 1.29 is 4.39 Å². The fourth-order valence-corrected chi connectivity index (χ4v) is 3.33. The molecule has 1 heterocycles. The molecule has 0 saturated carbocycles. The van der Waals surface area contributed by atoms with E-state index in [-0.39, 0.29) is 10.5 Å². The zero-order valence-corrected chi connectivity index (χ0v) is 13.6. The predicted octanol–water partition coefficient (Wildman–Crippen LogP) is 5.33. The summed E-state index contributed by atoms with van der Waals surface area (Å²) in [7, 11) is 0. The first-order valence-corrected chi connectivity index (χ1v) is 7.90. The number of hydrogen-bond donors (Lipinski definition) is 1. The number of thiophene rings is 1. The monoisotopic (exact) mass is 352 g/mol. The Bertz CT molecular complexity index is 632. The molecule has 2 aromatic rings. The van der Waals surface area contributed by atoms with Crippen molar-refractivity contribution in [2.75, 3.05) is 5.32 Å². The van der Waals surface area contributed by atoms with Gasteiger partial charge in [0.15, 0.2) is 5.82 Å². The van der Waals surface area contributed by atoms with Crippen LogP contribution in [0.5, 0.6) is 0 Å². The van der Waals surface area contributed by atoms with Crippen molar-refractivity contribution in [1.29, 1.82) is 5.26 Å². The third-order valence-electron chi connectivity index (χ3n) is 3.03. The van der Waals surface area contributed by atoms with E-state index in [1.165, 1.54) is 4.88 Å². The topological polar surface area (TPSA) is 35.8 Å². The largest absolute Gasteiger partial charge is 0.375 e. The Labute approximate surface area is 130 Å². The van der Waals surface area contributed by atoms with Crippen LogP contribution in [0.4, 0.5) is 10.1 Å². The van der Waals surface area contributed by atoms with Crippen molar-refractivity contribution in [2.24, 2.45) is 5.92 Å². The van der Waals surface area contributed by atoms with Crippen molar-refractivity contribution in [3.8, 4) is 6.07 Å². The van der Waals surface area contributed by atoms with E-state index in [1.54, 1.807) is 23.5 Å². The molecule has 104 valence electrons. The Hall–Kier alpha value is -1.38. The van der Waals surface area contributed by atoms with Crippen molar-refractivity contribution >= 4 is 33.0 Å². The molecule has 1 atom stereocenters. The molecule has 0 radical (unpaired) electrons. The number of rotatable bonds is 4. The number of nitrogens with zero attached hydrogens (tertiary/aromatic N) is 1. The third-order valence-corrected chi connectivity index (χ3v) is 4.76. The summed E-state index contributed by atoms with van der Waals surface area (Å²) in [5.41, 5.74) is 0.702. The molecule has 0 amide bonds. The van der Waals surface area contributed by atoms with Crippen molar-refractivity contribution in [3.05, 3.63) is 50.4 Å². The standard InChI is InChI=1S/C15H14BrFN2S/c1-9(2)15(12-4-3-7-20-12)19-11-6-5-10(8-18)13(16)14(11)17/h3-7,9,15,19H,1-2H3. The molecule has 5 heteroatoms. The normalized spacial score (nSPS) is 12.2. The van der Waals surface area contributed by atoms with Gasteiger partial charge in [-0.1, -0.05) is 19.9 Å². The van der Waals surface area contributed by atoms with Gasteiger partial charge in [0.25, 0.3) is 0 Å². The van der Waals surface area contributed by atoms with Gasteiger partial charge < -0.3 is 5.32 Å². The molecule has 2 nitrogen and oxygen atoms in total. The van der Waals surface area contributed by atoms with E-state index in [0.29, 0.717) is 17.2 Å². The lowest BCUT2D eigenvalue weighted by molar-refractivity contribution is 0.545. The zero-order valence-electron chi connectivity index (χ0n) is 11.2. The summed E-state index contributed by atoms with van der Waals surface area (Å²) in [4.78, 5) is 1.17. The van der Waals surface area contributed by atoms with Gasteiger partial charge in [-0.15, -0.1) is 11.3 Å². The highest BCUT2D eigenvalue weighted by Gasteiger charge is 2.19. The summed E-state index contributed by atoms with van der Waals surface area (Å²) in [5, 5.41) is 14.1. The van der Waals surface area contributed by atoms with E-state index in [4.69, 9.17) is 5.26 Å². The van der Waals surface area contributed by atoms with Crippen molar-refractivity contribution in [1.82, 2.24) is 0 Å². The summed E-state index contributed by atoms with van der Waals surface area (Å²) in [6.45, 7) is 4.18. The molecule has 0 fully saturated rings. The Morgan fingerprint density at radius 3 is 2.65 bits per heavy atom. The molecular weight excluding hydrogens is 339 g/mol. The van der Waals surface area contributed by atoms with Crippen LogP contribution in [-0.4, -0.2) is 0 Å². The highest BCUT2D eigenvalue weighted by Crippen LogP contribution is 2.33. The Morgan fingerprint density at radius 1 is 1.35 bits per heavy atom. The number of anilines is 1. The lowest BCUT2D eigenvalue weighted by Crippen LogP contribution is -2.16. The maximum absolute atomic E-state index is 14.3. The van der Waals surface area contributed by atoms with Gasteiger partial charge in [0.2, 0.25) is 0 Å². The molecule has 2 rings (SSSR count). The molecule has 0 aliphatic carbocycles. The van der Waals surface area contributed by atoms with Crippen LogP contribution in [0.2, 0.25) is 0 Å². The Balaban J connectivity index is 2.33. The minimum Gasteiger partial charge on any atom is -0.375 e. The molecule has 1 aromatic carbocycles. The number of benzene rings is 1. The van der Waals surface area contributed by atoms with E-state index in [9.17, 15) is 4.39 Å². The van der Waals surface area contributed by atoms with Crippen LogP contribution in [0.1, 0.15) is 30.3 Å². The maximum atomic E-state index is 14.3. The van der Waals surface area contributed by atoms with Gasteiger partial charge in [-0.05, 0) is 45.4 Å². The molecule has 0 aliphatic rings. The number of nitrogens with one attached hydrogen (secondary N) is 1. The van der Waals surface area contributed by atoms with Crippen LogP contribution in [-0.2, 0) is 0 Å². The molecule has 0 spiro atoms. The lowest BCUT2D eigenvalue weighted by Gasteiger charge is -2.23. The molecular formula is C15H14BrFN2S. The second-order valence-corrected chi connectivity index (χ2v) is 6.55. The highest BCUT2D eigenvalue weighted by atomic mass is 79.9. The quantitative estimate of drug-likeness (QED) is 0.806. The minimum absolute atomic E-state index is 0.0457. The van der Waals surface area contributed by atoms with Crippen LogP contribution < -0.4 is 5.32 Å². The highest BCUT2D eigenvalue weighted by molar-refractivity contribution is 9.10. The van der Waals surface area contributed by atoms with E-state index < -0.39 is 5.82 Å². The van der Waals surface area contributed by atoms with Crippen LogP contribution in [0.25, 0.3) is 0 Å². The van der Waals surface area contributed by atoms with Crippen LogP contribution in [0.3, 0.4) is 0 Å². The second-order valence-electron chi connectivity index (χ2n) is 4.78.